The molecular formula is C18H18ClNO2. The molecule has 2 unspecified atom stereocenters. The summed E-state index contributed by atoms with van der Waals surface area (Å²) in [6.07, 6.45) is 2.95. The summed E-state index contributed by atoms with van der Waals surface area (Å²) in [6, 6.07) is 3.96. The van der Waals surface area contributed by atoms with Gasteiger partial charge in [0.25, 0.3) is 5.91 Å². The molecule has 0 N–H and O–H groups in total. The van der Waals surface area contributed by atoms with E-state index in [1.165, 1.54) is 12.5 Å². The van der Waals surface area contributed by atoms with Gasteiger partial charge in [0.15, 0.2) is 10.7 Å². The van der Waals surface area contributed by atoms with Crippen molar-refractivity contribution in [1.82, 2.24) is 4.57 Å². The van der Waals surface area contributed by atoms with Crippen LogP contribution >= 0.6 is 11.6 Å². The molecule has 22 heavy (non-hydrogen) atoms. The Labute approximate surface area is 134 Å². The normalized spacial score (nSPS) is 27.4. The number of rotatable bonds is 0. The van der Waals surface area contributed by atoms with Gasteiger partial charge < -0.3 is 0 Å². The van der Waals surface area contributed by atoms with Crippen molar-refractivity contribution in [3.05, 3.63) is 34.5 Å². The van der Waals surface area contributed by atoms with Gasteiger partial charge >= 0.3 is 0 Å². The SMILES string of the molecule is Cc1cc2c3c(c1)c1c(n3C(=O)C(C)(Cl)C2=O)CC(C)CC1. The first-order chi connectivity index (χ1) is 10.3. The van der Waals surface area contributed by atoms with Crippen molar-refractivity contribution in [3.8, 4) is 0 Å². The molecule has 0 fully saturated rings. The van der Waals surface area contributed by atoms with Crippen LogP contribution in [-0.2, 0) is 12.8 Å². The van der Waals surface area contributed by atoms with Crippen molar-refractivity contribution >= 4 is 34.2 Å². The van der Waals surface area contributed by atoms with Crippen molar-refractivity contribution in [2.75, 3.05) is 0 Å². The quantitative estimate of drug-likeness (QED) is 0.546. The van der Waals surface area contributed by atoms with Crippen LogP contribution in [0.15, 0.2) is 12.1 Å². The van der Waals surface area contributed by atoms with E-state index in [-0.39, 0.29) is 11.7 Å². The topological polar surface area (TPSA) is 39.1 Å². The number of alkyl halides is 1. The number of halogens is 1. The Hall–Kier alpha value is -1.61. The van der Waals surface area contributed by atoms with Gasteiger partial charge in [0, 0.05) is 16.6 Å². The average Bonchev–Trinajstić information content (AvgIpc) is 2.76. The lowest BCUT2D eigenvalue weighted by molar-refractivity contribution is 0.0779. The van der Waals surface area contributed by atoms with Gasteiger partial charge in [-0.05, 0) is 62.3 Å². The number of aromatic nitrogens is 1. The average molecular weight is 316 g/mol. The van der Waals surface area contributed by atoms with Gasteiger partial charge in [-0.1, -0.05) is 18.5 Å². The number of ketones is 1. The van der Waals surface area contributed by atoms with Crippen LogP contribution in [0, 0.1) is 12.8 Å². The van der Waals surface area contributed by atoms with E-state index in [1.807, 2.05) is 13.0 Å². The van der Waals surface area contributed by atoms with Crippen molar-refractivity contribution in [2.24, 2.45) is 5.92 Å². The van der Waals surface area contributed by atoms with E-state index in [0.29, 0.717) is 11.5 Å². The van der Waals surface area contributed by atoms with Crippen LogP contribution < -0.4 is 0 Å². The lowest BCUT2D eigenvalue weighted by Crippen LogP contribution is -2.45. The Morgan fingerprint density at radius 1 is 1.32 bits per heavy atom. The molecule has 1 aliphatic carbocycles. The van der Waals surface area contributed by atoms with Crippen molar-refractivity contribution in [2.45, 2.75) is 44.9 Å². The van der Waals surface area contributed by atoms with Crippen LogP contribution in [0.1, 0.15) is 52.2 Å². The first kappa shape index (κ1) is 14.0. The molecule has 1 aliphatic heterocycles. The fourth-order valence-corrected chi connectivity index (χ4v) is 4.13. The predicted molar refractivity (Wildman–Crippen MR) is 87.1 cm³/mol. The maximum Gasteiger partial charge on any atom is 0.260 e. The largest absolute Gasteiger partial charge is 0.292 e. The van der Waals surface area contributed by atoms with E-state index in [9.17, 15) is 9.59 Å². The highest BCUT2D eigenvalue weighted by molar-refractivity contribution is 6.51. The van der Waals surface area contributed by atoms with Crippen molar-refractivity contribution in [1.29, 1.82) is 0 Å². The first-order valence-corrected chi connectivity index (χ1v) is 8.15. The fraction of sp³-hybridized carbons (Fsp3) is 0.444. The van der Waals surface area contributed by atoms with Crippen LogP contribution in [0.3, 0.4) is 0 Å². The van der Waals surface area contributed by atoms with Gasteiger partial charge in [0.05, 0.1) is 5.52 Å². The zero-order chi connectivity index (χ0) is 15.8. The molecule has 2 aliphatic rings. The van der Waals surface area contributed by atoms with Gasteiger partial charge in [-0.3, -0.25) is 14.2 Å². The second-order valence-corrected chi connectivity index (χ2v) is 7.71. The number of benzene rings is 1. The number of fused-ring (bicyclic) bond motifs is 3. The fourth-order valence-electron chi connectivity index (χ4n) is 3.95. The summed E-state index contributed by atoms with van der Waals surface area (Å²) in [5.41, 5.74) is 4.70. The molecule has 4 heteroatoms. The third-order valence-corrected chi connectivity index (χ3v) is 5.46. The second-order valence-electron chi connectivity index (χ2n) is 6.95. The van der Waals surface area contributed by atoms with Gasteiger partial charge in [0.2, 0.25) is 0 Å². The van der Waals surface area contributed by atoms with Gasteiger partial charge in [-0.25, -0.2) is 0 Å². The molecule has 114 valence electrons. The molecule has 4 rings (SSSR count). The lowest BCUT2D eigenvalue weighted by Gasteiger charge is -2.28. The molecule has 0 bridgehead atoms. The number of hydrogen-bond acceptors (Lipinski definition) is 2. The number of aryl methyl sites for hydroxylation is 2. The number of hydrogen-bond donors (Lipinski definition) is 0. The van der Waals surface area contributed by atoms with Crippen LogP contribution in [0.4, 0.5) is 0 Å². The van der Waals surface area contributed by atoms with E-state index in [1.54, 1.807) is 4.57 Å². The zero-order valence-electron chi connectivity index (χ0n) is 13.0. The van der Waals surface area contributed by atoms with E-state index in [0.717, 1.165) is 41.4 Å². The Morgan fingerprint density at radius 3 is 2.77 bits per heavy atom. The summed E-state index contributed by atoms with van der Waals surface area (Å²) in [4.78, 5) is 24.1. The summed E-state index contributed by atoms with van der Waals surface area (Å²) in [6.45, 7) is 5.72. The lowest BCUT2D eigenvalue weighted by atomic mass is 9.87. The standard InChI is InChI=1S/C18H18ClNO2/c1-9-4-5-11-12-6-10(2)7-13-15(12)20(14(11)8-9)17(22)18(3,19)16(13)21/h6-7,9H,4-5,8H2,1-3H3. The monoisotopic (exact) mass is 315 g/mol. The van der Waals surface area contributed by atoms with Crippen molar-refractivity contribution < 1.29 is 9.59 Å². The summed E-state index contributed by atoms with van der Waals surface area (Å²) in [5, 5.41) is 1.06. The molecule has 0 saturated carbocycles. The Balaban J connectivity index is 2.19. The summed E-state index contributed by atoms with van der Waals surface area (Å²) < 4.78 is 1.74. The smallest absolute Gasteiger partial charge is 0.260 e. The molecule has 0 amide bonds. The Morgan fingerprint density at radius 2 is 2.05 bits per heavy atom. The highest BCUT2D eigenvalue weighted by Gasteiger charge is 2.47. The summed E-state index contributed by atoms with van der Waals surface area (Å²) in [7, 11) is 0. The minimum atomic E-state index is -1.50. The molecule has 0 radical (unpaired) electrons. The molecule has 1 aromatic heterocycles. The van der Waals surface area contributed by atoms with Crippen LogP contribution in [-0.4, -0.2) is 21.1 Å². The Kier molecular flexibility index (Phi) is 2.69. The van der Waals surface area contributed by atoms with Gasteiger partial charge in [-0.15, -0.1) is 0 Å². The van der Waals surface area contributed by atoms with E-state index >= 15 is 0 Å². The molecule has 3 nitrogen and oxygen atoms in total. The molecule has 2 aromatic rings. The molecule has 2 heterocycles. The number of carbonyl (C=O) groups excluding carboxylic acids is 2. The molecule has 2 atom stereocenters. The molecule has 1 aromatic carbocycles. The van der Waals surface area contributed by atoms with Crippen molar-refractivity contribution in [3.63, 3.8) is 0 Å². The van der Waals surface area contributed by atoms with Crippen LogP contribution in [0.5, 0.6) is 0 Å². The number of Topliss-reactive ketones (excluding diaryl/α,β-unsaturated/α-hetero) is 1. The van der Waals surface area contributed by atoms with Crippen LogP contribution in [0.25, 0.3) is 10.9 Å². The third kappa shape index (κ3) is 1.58. The van der Waals surface area contributed by atoms with E-state index in [2.05, 4.69) is 13.0 Å². The van der Waals surface area contributed by atoms with E-state index < -0.39 is 4.87 Å². The molecule has 0 spiro atoms. The highest BCUT2D eigenvalue weighted by atomic mass is 35.5. The minimum Gasteiger partial charge on any atom is -0.292 e. The number of carbonyl (C=O) groups is 2. The predicted octanol–water partition coefficient (Wildman–Crippen LogP) is 3.91. The molecular weight excluding hydrogens is 298 g/mol. The minimum absolute atomic E-state index is 0.275. The Bertz CT molecular complexity index is 860. The van der Waals surface area contributed by atoms with Gasteiger partial charge in [-0.2, -0.15) is 0 Å². The maximum absolute atomic E-state index is 12.9. The summed E-state index contributed by atoms with van der Waals surface area (Å²) in [5.74, 6) is -0.0243. The number of nitrogens with zero attached hydrogens (tertiary/aromatic N) is 1. The first-order valence-electron chi connectivity index (χ1n) is 7.77. The van der Waals surface area contributed by atoms with Gasteiger partial charge in [0.1, 0.15) is 0 Å². The third-order valence-electron chi connectivity index (χ3n) is 5.13. The zero-order valence-corrected chi connectivity index (χ0v) is 13.8. The van der Waals surface area contributed by atoms with Crippen LogP contribution in [0.2, 0.25) is 0 Å². The maximum atomic E-state index is 12.9. The molecule has 0 saturated heterocycles. The summed E-state index contributed by atoms with van der Waals surface area (Å²) >= 11 is 6.35. The highest BCUT2D eigenvalue weighted by Crippen LogP contribution is 2.42. The second kappa shape index (κ2) is 4.23. The van der Waals surface area contributed by atoms with E-state index in [4.69, 9.17) is 11.6 Å².